The van der Waals surface area contributed by atoms with E-state index in [1.807, 2.05) is 0 Å². The number of carboxylic acids is 1. The van der Waals surface area contributed by atoms with Crippen molar-refractivity contribution in [1.82, 2.24) is 0 Å². The maximum atomic E-state index is 12.1. The first kappa shape index (κ1) is 11.1. The van der Waals surface area contributed by atoms with Gasteiger partial charge in [0.25, 0.3) is 0 Å². The Hall–Kier alpha value is -0.940. The SMILES string of the molecule is C=C(F)[C@@H](O)C[C@@H](O)CC(=O)O. The number of hydrogen-bond donors (Lipinski definition) is 3. The Balaban J connectivity index is 3.76. The first-order valence-electron chi connectivity index (χ1n) is 3.35. The van der Waals surface area contributed by atoms with E-state index in [1.165, 1.54) is 0 Å². The largest absolute Gasteiger partial charge is 0.481 e. The molecule has 0 aliphatic rings. The highest BCUT2D eigenvalue weighted by molar-refractivity contribution is 5.67. The summed E-state index contributed by atoms with van der Waals surface area (Å²) in [6.07, 6.45) is -3.59. The minimum atomic E-state index is -1.49. The van der Waals surface area contributed by atoms with Gasteiger partial charge in [0, 0.05) is 6.42 Å². The molecule has 0 unspecified atom stereocenters. The molecule has 0 aliphatic carbocycles. The maximum absolute atomic E-state index is 12.1. The molecule has 12 heavy (non-hydrogen) atoms. The molecule has 0 aliphatic heterocycles. The van der Waals surface area contributed by atoms with E-state index in [2.05, 4.69) is 6.58 Å². The third kappa shape index (κ3) is 4.81. The van der Waals surface area contributed by atoms with Gasteiger partial charge in [0.1, 0.15) is 11.9 Å². The van der Waals surface area contributed by atoms with Crippen LogP contribution in [0.1, 0.15) is 12.8 Å². The zero-order valence-corrected chi connectivity index (χ0v) is 6.40. The molecule has 0 bridgehead atoms. The third-order valence-electron chi connectivity index (χ3n) is 1.27. The van der Waals surface area contributed by atoms with Gasteiger partial charge in [0.15, 0.2) is 0 Å². The Morgan fingerprint density at radius 1 is 1.50 bits per heavy atom. The first-order chi connectivity index (χ1) is 5.43. The quantitative estimate of drug-likeness (QED) is 0.556. The molecule has 0 heterocycles. The molecule has 70 valence electrons. The van der Waals surface area contributed by atoms with Crippen molar-refractivity contribution in [1.29, 1.82) is 0 Å². The van der Waals surface area contributed by atoms with E-state index in [9.17, 15) is 9.18 Å². The van der Waals surface area contributed by atoms with E-state index in [-0.39, 0.29) is 6.42 Å². The van der Waals surface area contributed by atoms with Crippen LogP contribution in [0.3, 0.4) is 0 Å². The van der Waals surface area contributed by atoms with Crippen LogP contribution in [0.4, 0.5) is 4.39 Å². The lowest BCUT2D eigenvalue weighted by Gasteiger charge is -2.11. The number of carboxylic acid groups (broad SMARTS) is 1. The van der Waals surface area contributed by atoms with Gasteiger partial charge in [0.2, 0.25) is 0 Å². The van der Waals surface area contributed by atoms with Gasteiger partial charge in [-0.1, -0.05) is 6.58 Å². The van der Waals surface area contributed by atoms with Crippen molar-refractivity contribution in [3.63, 3.8) is 0 Å². The van der Waals surface area contributed by atoms with E-state index >= 15 is 0 Å². The van der Waals surface area contributed by atoms with Crippen LogP contribution in [-0.2, 0) is 4.79 Å². The Labute approximate surface area is 68.9 Å². The Morgan fingerprint density at radius 3 is 2.33 bits per heavy atom. The molecule has 3 N–H and O–H groups in total. The second kappa shape index (κ2) is 4.84. The fourth-order valence-electron chi connectivity index (χ4n) is 0.670. The fraction of sp³-hybridized carbons (Fsp3) is 0.571. The molecule has 0 aromatic carbocycles. The summed E-state index contributed by atoms with van der Waals surface area (Å²) >= 11 is 0. The zero-order chi connectivity index (χ0) is 9.72. The zero-order valence-electron chi connectivity index (χ0n) is 6.40. The van der Waals surface area contributed by atoms with E-state index < -0.39 is 30.4 Å². The van der Waals surface area contributed by atoms with Gasteiger partial charge in [-0.05, 0) is 0 Å². The lowest BCUT2D eigenvalue weighted by atomic mass is 10.1. The highest BCUT2D eigenvalue weighted by atomic mass is 19.1. The van der Waals surface area contributed by atoms with Gasteiger partial charge >= 0.3 is 5.97 Å². The van der Waals surface area contributed by atoms with Gasteiger partial charge in [-0.2, -0.15) is 0 Å². The standard InChI is InChI=1S/C7H11FO4/c1-4(8)6(10)2-5(9)3-7(11)12/h5-6,9-10H,1-3H2,(H,11,12)/t5-,6+/m1/s1. The minimum absolute atomic E-state index is 0.346. The lowest BCUT2D eigenvalue weighted by molar-refractivity contribution is -0.139. The van der Waals surface area contributed by atoms with Crippen LogP contribution < -0.4 is 0 Å². The normalized spacial score (nSPS) is 15.2. The van der Waals surface area contributed by atoms with Crippen molar-refractivity contribution < 1.29 is 24.5 Å². The second-order valence-corrected chi connectivity index (χ2v) is 2.45. The van der Waals surface area contributed by atoms with Crippen LogP contribution in [0.25, 0.3) is 0 Å². The van der Waals surface area contributed by atoms with Crippen molar-refractivity contribution in [3.05, 3.63) is 12.4 Å². The summed E-state index contributed by atoms with van der Waals surface area (Å²) in [6.45, 7) is 2.81. The maximum Gasteiger partial charge on any atom is 0.305 e. The van der Waals surface area contributed by atoms with Crippen molar-refractivity contribution in [2.75, 3.05) is 0 Å². The van der Waals surface area contributed by atoms with Crippen molar-refractivity contribution >= 4 is 5.97 Å². The third-order valence-corrected chi connectivity index (χ3v) is 1.27. The van der Waals surface area contributed by atoms with Crippen molar-refractivity contribution in [2.45, 2.75) is 25.0 Å². The average Bonchev–Trinajstić information content (AvgIpc) is 1.84. The molecule has 0 aromatic rings. The highest BCUT2D eigenvalue weighted by Crippen LogP contribution is 2.09. The lowest BCUT2D eigenvalue weighted by Crippen LogP contribution is -2.20. The summed E-state index contributed by atoms with van der Waals surface area (Å²) in [5.41, 5.74) is 0. The predicted octanol–water partition coefficient (Wildman–Crippen LogP) is 0.0562. The molecule has 0 aromatic heterocycles. The number of aliphatic carboxylic acids is 1. The average molecular weight is 178 g/mol. The van der Waals surface area contributed by atoms with Gasteiger partial charge in [-0.15, -0.1) is 0 Å². The molecule has 0 fully saturated rings. The van der Waals surface area contributed by atoms with Crippen LogP contribution in [0.15, 0.2) is 12.4 Å². The van der Waals surface area contributed by atoms with E-state index in [4.69, 9.17) is 15.3 Å². The molecule has 0 saturated carbocycles. The number of halogens is 1. The van der Waals surface area contributed by atoms with E-state index in [1.54, 1.807) is 0 Å². The fourth-order valence-corrected chi connectivity index (χ4v) is 0.670. The molecule has 0 rings (SSSR count). The topological polar surface area (TPSA) is 77.8 Å². The van der Waals surface area contributed by atoms with Crippen LogP contribution in [-0.4, -0.2) is 33.5 Å². The van der Waals surface area contributed by atoms with E-state index in [0.717, 1.165) is 0 Å². The highest BCUT2D eigenvalue weighted by Gasteiger charge is 2.16. The smallest absolute Gasteiger partial charge is 0.305 e. The summed E-state index contributed by atoms with van der Waals surface area (Å²) in [4.78, 5) is 10.0. The first-order valence-corrected chi connectivity index (χ1v) is 3.35. The van der Waals surface area contributed by atoms with Gasteiger partial charge in [0.05, 0.1) is 12.5 Å². The molecule has 5 heteroatoms. The predicted molar refractivity (Wildman–Crippen MR) is 39.1 cm³/mol. The summed E-state index contributed by atoms with van der Waals surface area (Å²) in [7, 11) is 0. The summed E-state index contributed by atoms with van der Waals surface area (Å²) in [5.74, 6) is -2.17. The van der Waals surface area contributed by atoms with Crippen LogP contribution >= 0.6 is 0 Å². The van der Waals surface area contributed by atoms with E-state index in [0.29, 0.717) is 0 Å². The molecular formula is C7H11FO4. The van der Waals surface area contributed by atoms with Crippen LogP contribution in [0, 0.1) is 0 Å². The molecule has 0 saturated heterocycles. The van der Waals surface area contributed by atoms with Crippen molar-refractivity contribution in [3.8, 4) is 0 Å². The molecule has 0 radical (unpaired) electrons. The van der Waals surface area contributed by atoms with Gasteiger partial charge in [-0.25, -0.2) is 4.39 Å². The molecule has 2 atom stereocenters. The minimum Gasteiger partial charge on any atom is -0.481 e. The summed E-state index contributed by atoms with van der Waals surface area (Å²) in [6, 6.07) is 0. The number of rotatable bonds is 5. The molecule has 0 spiro atoms. The monoisotopic (exact) mass is 178 g/mol. The summed E-state index contributed by atoms with van der Waals surface area (Å²) in [5, 5.41) is 25.9. The number of carbonyl (C=O) groups is 1. The summed E-state index contributed by atoms with van der Waals surface area (Å²) < 4.78 is 12.1. The van der Waals surface area contributed by atoms with Crippen molar-refractivity contribution in [2.24, 2.45) is 0 Å². The van der Waals surface area contributed by atoms with Crippen LogP contribution in [0.2, 0.25) is 0 Å². The number of aliphatic hydroxyl groups is 2. The number of hydrogen-bond acceptors (Lipinski definition) is 3. The van der Waals surface area contributed by atoms with Crippen LogP contribution in [0.5, 0.6) is 0 Å². The van der Waals surface area contributed by atoms with Gasteiger partial charge in [-0.3, -0.25) is 4.79 Å². The number of aliphatic hydroxyl groups excluding tert-OH is 2. The second-order valence-electron chi connectivity index (χ2n) is 2.45. The molecular weight excluding hydrogens is 167 g/mol. The Bertz CT molecular complexity index is 180. The Kier molecular flexibility index (Phi) is 4.46. The molecule has 0 amide bonds. The molecule has 4 nitrogen and oxygen atoms in total. The van der Waals surface area contributed by atoms with Gasteiger partial charge < -0.3 is 15.3 Å². The Morgan fingerprint density at radius 2 is 2.00 bits per heavy atom.